The Hall–Kier alpha value is -2.07. The van der Waals surface area contributed by atoms with E-state index in [4.69, 9.17) is 0 Å². The van der Waals surface area contributed by atoms with E-state index in [1.807, 2.05) is 55.6 Å². The molecule has 0 bridgehead atoms. The number of rotatable bonds is 3. The quantitative estimate of drug-likeness (QED) is 0.312. The van der Waals surface area contributed by atoms with Crippen molar-refractivity contribution < 1.29 is 9.95 Å². The average molecular weight is 344 g/mol. The summed E-state index contributed by atoms with van der Waals surface area (Å²) in [6.07, 6.45) is 3.69. The summed E-state index contributed by atoms with van der Waals surface area (Å²) < 4.78 is 2.28. The molecule has 106 valence electrons. The average Bonchev–Trinajstić information content (AvgIpc) is 2.90. The lowest BCUT2D eigenvalue weighted by Crippen LogP contribution is -2.13. The zero-order chi connectivity index (χ0) is 14.8. The maximum Gasteiger partial charge on any atom is 0.226 e. The first kappa shape index (κ1) is 13.9. The molecule has 0 aliphatic carbocycles. The maximum absolute atomic E-state index is 10.3. The van der Waals surface area contributed by atoms with Crippen molar-refractivity contribution in [2.24, 2.45) is 0 Å². The highest BCUT2D eigenvalue weighted by Gasteiger charge is 2.21. The van der Waals surface area contributed by atoms with Crippen molar-refractivity contribution >= 4 is 33.0 Å². The number of nitrogens with zero attached hydrogens (tertiary/aromatic N) is 1. The predicted molar refractivity (Wildman–Crippen MR) is 88.1 cm³/mol. The predicted octanol–water partition coefficient (Wildman–Crippen LogP) is 4.51. The number of nitrogens with one attached hydrogen (secondary N) is 1. The van der Waals surface area contributed by atoms with E-state index < -0.39 is 0 Å². The molecule has 0 radical (unpaired) electrons. The number of H-pyrrole nitrogens is 1. The van der Waals surface area contributed by atoms with Crippen LogP contribution in [0.2, 0.25) is 0 Å². The van der Waals surface area contributed by atoms with Crippen molar-refractivity contribution in [3.05, 3.63) is 70.3 Å². The van der Waals surface area contributed by atoms with E-state index in [1.165, 1.54) is 4.74 Å². The minimum atomic E-state index is -0.145. The van der Waals surface area contributed by atoms with Gasteiger partial charge in [0.15, 0.2) is 0 Å². The van der Waals surface area contributed by atoms with Crippen LogP contribution in [-0.4, -0.2) is 21.1 Å². The summed E-state index contributed by atoms with van der Waals surface area (Å²) in [6, 6.07) is 15.7. The molecule has 0 aliphatic heterocycles. The summed E-state index contributed by atoms with van der Waals surface area (Å²) in [4.78, 5) is 3.24. The molecule has 2 aromatic carbocycles. The molecule has 21 heavy (non-hydrogen) atoms. The van der Waals surface area contributed by atoms with Gasteiger partial charge >= 0.3 is 0 Å². The number of aromatic nitrogens is 1. The van der Waals surface area contributed by atoms with Gasteiger partial charge < -0.3 is 4.98 Å². The molecule has 1 aromatic heterocycles. The van der Waals surface area contributed by atoms with Crippen LogP contribution in [-0.2, 0) is 0 Å². The van der Waals surface area contributed by atoms with Gasteiger partial charge in [0.1, 0.15) is 0 Å². The van der Waals surface area contributed by atoms with Gasteiger partial charge in [-0.05, 0) is 35.1 Å². The van der Waals surface area contributed by atoms with Gasteiger partial charge in [-0.25, -0.2) is 0 Å². The van der Waals surface area contributed by atoms with Crippen LogP contribution in [0.15, 0.2) is 59.2 Å². The summed E-state index contributed by atoms with van der Waals surface area (Å²) in [7, 11) is 0. The molecular weight excluding hydrogens is 328 g/mol. The maximum atomic E-state index is 10.3. The van der Waals surface area contributed by atoms with E-state index >= 15 is 0 Å². The van der Waals surface area contributed by atoms with Gasteiger partial charge in [0.05, 0.1) is 0 Å². The summed E-state index contributed by atoms with van der Waals surface area (Å²) in [5.74, 6) is 0. The third-order valence-electron chi connectivity index (χ3n) is 3.60. The summed E-state index contributed by atoms with van der Waals surface area (Å²) in [5, 5.41) is 11.4. The van der Waals surface area contributed by atoms with Crippen molar-refractivity contribution in [2.75, 3.05) is 0 Å². The summed E-state index contributed by atoms with van der Waals surface area (Å²) >= 11 is 3.49. The molecule has 0 saturated carbocycles. The summed E-state index contributed by atoms with van der Waals surface area (Å²) in [6.45, 7) is 1.98. The fraction of sp³-hybridized carbons (Fsp3) is 0.118. The summed E-state index contributed by atoms with van der Waals surface area (Å²) in [5.41, 5.74) is 3.09. The molecule has 0 saturated heterocycles. The molecule has 3 nitrogen and oxygen atoms in total. The van der Waals surface area contributed by atoms with Crippen molar-refractivity contribution in [3.8, 4) is 0 Å². The molecule has 3 aromatic rings. The monoisotopic (exact) mass is 343 g/mol. The van der Waals surface area contributed by atoms with Crippen molar-refractivity contribution in [3.63, 3.8) is 0 Å². The molecular formula is C17H16BrN2O+. The van der Waals surface area contributed by atoms with Crippen molar-refractivity contribution in [2.45, 2.75) is 13.0 Å². The van der Waals surface area contributed by atoms with E-state index in [0.29, 0.717) is 0 Å². The van der Waals surface area contributed by atoms with Gasteiger partial charge in [-0.1, -0.05) is 34.1 Å². The van der Waals surface area contributed by atoms with E-state index in [0.717, 1.165) is 26.5 Å². The third kappa shape index (κ3) is 2.85. The number of benzene rings is 2. The Bertz CT molecular complexity index is 793. The second kappa shape index (κ2) is 5.74. The van der Waals surface area contributed by atoms with Crippen LogP contribution in [0.25, 0.3) is 10.9 Å². The highest BCUT2D eigenvalue weighted by molar-refractivity contribution is 9.10. The first-order valence-corrected chi connectivity index (χ1v) is 7.58. The van der Waals surface area contributed by atoms with Gasteiger partial charge in [-0.3, -0.25) is 5.21 Å². The van der Waals surface area contributed by atoms with Crippen LogP contribution in [0.4, 0.5) is 0 Å². The fourth-order valence-corrected chi connectivity index (χ4v) is 2.77. The van der Waals surface area contributed by atoms with Gasteiger partial charge in [0.2, 0.25) is 12.3 Å². The van der Waals surface area contributed by atoms with Gasteiger partial charge in [-0.2, -0.15) is 0 Å². The molecule has 0 aliphatic rings. The second-order valence-electron chi connectivity index (χ2n) is 5.03. The molecule has 0 amide bonds. The molecule has 2 N–H and O–H groups in total. The molecule has 0 spiro atoms. The van der Waals surface area contributed by atoms with Gasteiger partial charge in [0, 0.05) is 39.6 Å². The van der Waals surface area contributed by atoms with Crippen molar-refractivity contribution in [1.29, 1.82) is 0 Å². The fourth-order valence-electron chi connectivity index (χ4n) is 2.41. The Morgan fingerprint density at radius 3 is 2.71 bits per heavy atom. The Morgan fingerprint density at radius 1 is 1.19 bits per heavy atom. The minimum absolute atomic E-state index is 0.145. The largest absolute Gasteiger partial charge is 0.361 e. The minimum Gasteiger partial charge on any atom is -0.361 e. The van der Waals surface area contributed by atoms with Crippen LogP contribution in [0.5, 0.6) is 0 Å². The molecule has 1 unspecified atom stereocenters. The molecule has 0 fully saturated rings. The van der Waals surface area contributed by atoms with Gasteiger partial charge in [0.25, 0.3) is 0 Å². The SMILES string of the molecule is CC(c1c[nH]c2ccc(Br)cc12)/[N+](O)=C/c1ccccc1. The molecule has 4 heteroatoms. The van der Waals surface area contributed by atoms with Crippen LogP contribution < -0.4 is 0 Å². The molecule has 3 rings (SSSR count). The first-order chi connectivity index (χ1) is 10.1. The number of aromatic amines is 1. The van der Waals surface area contributed by atoms with E-state index in [2.05, 4.69) is 27.0 Å². The lowest BCUT2D eigenvalue weighted by Gasteiger charge is -2.04. The zero-order valence-corrected chi connectivity index (χ0v) is 13.2. The number of hydroxylamine groups is 1. The highest BCUT2D eigenvalue weighted by atomic mass is 79.9. The highest BCUT2D eigenvalue weighted by Crippen LogP contribution is 2.28. The molecule has 1 atom stereocenters. The van der Waals surface area contributed by atoms with E-state index in [1.54, 1.807) is 6.21 Å². The van der Waals surface area contributed by atoms with E-state index in [-0.39, 0.29) is 6.04 Å². The number of hydrogen-bond acceptors (Lipinski definition) is 1. The number of fused-ring (bicyclic) bond motifs is 1. The first-order valence-electron chi connectivity index (χ1n) is 6.79. The second-order valence-corrected chi connectivity index (χ2v) is 5.95. The number of halogens is 1. The Kier molecular flexibility index (Phi) is 3.80. The van der Waals surface area contributed by atoms with Crippen LogP contribution in [0, 0.1) is 0 Å². The Balaban J connectivity index is 1.98. The van der Waals surface area contributed by atoms with Crippen LogP contribution >= 0.6 is 15.9 Å². The lowest BCUT2D eigenvalue weighted by molar-refractivity contribution is -0.799. The van der Waals surface area contributed by atoms with Gasteiger partial charge in [-0.15, -0.1) is 0 Å². The van der Waals surface area contributed by atoms with E-state index in [9.17, 15) is 5.21 Å². The Morgan fingerprint density at radius 2 is 1.95 bits per heavy atom. The zero-order valence-electron chi connectivity index (χ0n) is 11.6. The van der Waals surface area contributed by atoms with Crippen LogP contribution in [0.1, 0.15) is 24.1 Å². The van der Waals surface area contributed by atoms with Crippen LogP contribution in [0.3, 0.4) is 0 Å². The molecule has 1 heterocycles. The Labute approximate surface area is 131 Å². The third-order valence-corrected chi connectivity index (χ3v) is 4.10. The topological polar surface area (TPSA) is 39.0 Å². The number of hydrogen-bond donors (Lipinski definition) is 2. The smallest absolute Gasteiger partial charge is 0.226 e. The van der Waals surface area contributed by atoms with Crippen molar-refractivity contribution in [1.82, 2.24) is 4.98 Å². The standard InChI is InChI=1S/C17H16BrN2O/c1-12(20(21)11-13-5-3-2-4-6-13)16-10-19-17-8-7-14(18)9-15(16)17/h2-12,19,21H,1H3/q+1/b20-11-. The normalized spacial score (nSPS) is 13.5. The lowest BCUT2D eigenvalue weighted by atomic mass is 10.1.